The summed E-state index contributed by atoms with van der Waals surface area (Å²) >= 11 is 1.32. The third-order valence-electron chi connectivity index (χ3n) is 3.16. The zero-order chi connectivity index (χ0) is 17.2. The molecular formula is C15H23N3O4S. The molecule has 0 aromatic heterocycles. The second-order valence-electron chi connectivity index (χ2n) is 4.72. The van der Waals surface area contributed by atoms with Gasteiger partial charge in [0.05, 0.1) is 18.7 Å². The number of hydrogen-bond donors (Lipinski definition) is 3. The minimum absolute atomic E-state index is 0.163. The number of aliphatic imine (C=N–C) groups is 2. The van der Waals surface area contributed by atoms with Crippen LogP contribution >= 0.6 is 11.8 Å². The van der Waals surface area contributed by atoms with Crippen molar-refractivity contribution < 1.29 is 19.7 Å². The molecule has 8 heteroatoms. The van der Waals surface area contributed by atoms with Gasteiger partial charge in [-0.2, -0.15) is 0 Å². The van der Waals surface area contributed by atoms with Crippen LogP contribution in [-0.2, 0) is 9.53 Å². The Morgan fingerprint density at radius 2 is 2.26 bits per heavy atom. The van der Waals surface area contributed by atoms with E-state index in [-0.39, 0.29) is 32.3 Å². The summed E-state index contributed by atoms with van der Waals surface area (Å²) in [5, 5.41) is 24.0. The van der Waals surface area contributed by atoms with E-state index in [1.165, 1.54) is 11.8 Å². The first-order valence-corrected chi connectivity index (χ1v) is 8.16. The number of esters is 1. The predicted molar refractivity (Wildman–Crippen MR) is 92.5 cm³/mol. The minimum atomic E-state index is -0.446. The number of thioether (sulfide) groups is 1. The van der Waals surface area contributed by atoms with Crippen LogP contribution in [-0.4, -0.2) is 60.5 Å². The van der Waals surface area contributed by atoms with Crippen molar-refractivity contribution in [1.29, 1.82) is 0 Å². The third kappa shape index (κ3) is 5.49. The van der Waals surface area contributed by atoms with Crippen LogP contribution in [0.15, 0.2) is 33.2 Å². The predicted octanol–water partition coefficient (Wildman–Crippen LogP) is 0.701. The second-order valence-corrected chi connectivity index (χ2v) is 5.67. The molecule has 7 nitrogen and oxygen atoms in total. The second kappa shape index (κ2) is 10.2. The van der Waals surface area contributed by atoms with Gasteiger partial charge in [0.25, 0.3) is 0 Å². The number of aliphatic hydroxyl groups is 2. The quantitative estimate of drug-likeness (QED) is 0.341. The molecule has 1 rings (SSSR count). The molecule has 0 saturated carbocycles. The first-order chi connectivity index (χ1) is 11.1. The Bertz CT molecular complexity index is 525. The normalized spacial score (nSPS) is 15.3. The maximum atomic E-state index is 12.1. The Morgan fingerprint density at radius 3 is 2.78 bits per heavy atom. The molecule has 0 amide bonds. The van der Waals surface area contributed by atoms with Gasteiger partial charge >= 0.3 is 5.97 Å². The van der Waals surface area contributed by atoms with E-state index in [9.17, 15) is 15.0 Å². The number of rotatable bonds is 8. The van der Waals surface area contributed by atoms with Crippen LogP contribution in [0.3, 0.4) is 0 Å². The molecule has 0 saturated heterocycles. The topological polar surface area (TPSA) is 104 Å². The first kappa shape index (κ1) is 19.4. The van der Waals surface area contributed by atoms with E-state index in [0.29, 0.717) is 28.6 Å². The molecule has 0 unspecified atom stereocenters. The van der Waals surface area contributed by atoms with E-state index in [2.05, 4.69) is 21.9 Å². The van der Waals surface area contributed by atoms with E-state index >= 15 is 0 Å². The third-order valence-corrected chi connectivity index (χ3v) is 3.93. The standard InChI is InChI=1S/C15H23N3O4S/c1-4-22-15(21)11-7-17-13(14(16-3)23-5-2)18-12(11)6-10(8-19)9-20/h5,10,19-20H,2,4,6-9H2,1,3H3,(H,17,18). The van der Waals surface area contributed by atoms with E-state index in [1.54, 1.807) is 19.4 Å². The van der Waals surface area contributed by atoms with Gasteiger partial charge in [-0.15, -0.1) is 0 Å². The Balaban J connectivity index is 3.04. The summed E-state index contributed by atoms with van der Waals surface area (Å²) in [5.74, 6) is -0.274. The van der Waals surface area contributed by atoms with Gasteiger partial charge in [0, 0.05) is 31.9 Å². The lowest BCUT2D eigenvalue weighted by atomic mass is 10.0. The van der Waals surface area contributed by atoms with Gasteiger partial charge < -0.3 is 20.3 Å². The van der Waals surface area contributed by atoms with Gasteiger partial charge in [0.15, 0.2) is 5.84 Å². The number of carbonyl (C=O) groups is 1. The lowest BCUT2D eigenvalue weighted by molar-refractivity contribution is -0.138. The van der Waals surface area contributed by atoms with Crippen molar-refractivity contribution in [3.63, 3.8) is 0 Å². The Morgan fingerprint density at radius 1 is 1.57 bits per heavy atom. The number of allylic oxidation sites excluding steroid dienone is 1. The molecule has 0 atom stereocenters. The first-order valence-electron chi connectivity index (χ1n) is 7.28. The summed E-state index contributed by atoms with van der Waals surface area (Å²) in [6.45, 7) is 5.45. The van der Waals surface area contributed by atoms with Crippen LogP contribution in [0.25, 0.3) is 0 Å². The smallest absolute Gasteiger partial charge is 0.337 e. The van der Waals surface area contributed by atoms with Crippen molar-refractivity contribution in [2.75, 3.05) is 33.4 Å². The van der Waals surface area contributed by atoms with Crippen LogP contribution < -0.4 is 5.32 Å². The largest absolute Gasteiger partial charge is 0.463 e. The van der Waals surface area contributed by atoms with Crippen LogP contribution in [0.5, 0.6) is 0 Å². The molecule has 0 aliphatic carbocycles. The Hall–Kier alpha value is -1.64. The van der Waals surface area contributed by atoms with E-state index in [1.807, 2.05) is 0 Å². The number of ether oxygens (including phenoxy) is 1. The van der Waals surface area contributed by atoms with Crippen LogP contribution in [0, 0.1) is 5.92 Å². The summed E-state index contributed by atoms with van der Waals surface area (Å²) in [7, 11) is 1.64. The number of nitrogens with zero attached hydrogens (tertiary/aromatic N) is 2. The number of amidine groups is 1. The molecule has 0 fully saturated rings. The Kier molecular flexibility index (Phi) is 8.60. The van der Waals surface area contributed by atoms with Gasteiger partial charge in [0.1, 0.15) is 5.04 Å². The van der Waals surface area contributed by atoms with Crippen LogP contribution in [0.4, 0.5) is 0 Å². The van der Waals surface area contributed by atoms with Gasteiger partial charge in [0.2, 0.25) is 0 Å². The molecule has 23 heavy (non-hydrogen) atoms. The van der Waals surface area contributed by atoms with Gasteiger partial charge in [-0.3, -0.25) is 9.98 Å². The molecular weight excluding hydrogens is 318 g/mol. The van der Waals surface area contributed by atoms with Crippen molar-refractivity contribution in [1.82, 2.24) is 5.32 Å². The maximum Gasteiger partial charge on any atom is 0.337 e. The summed E-state index contributed by atoms with van der Waals surface area (Å²) < 4.78 is 5.05. The molecule has 0 radical (unpaired) electrons. The van der Waals surface area contributed by atoms with Crippen LogP contribution in [0.1, 0.15) is 13.3 Å². The summed E-state index contributed by atoms with van der Waals surface area (Å²) in [6, 6.07) is 0. The van der Waals surface area contributed by atoms with Gasteiger partial charge in [-0.1, -0.05) is 18.3 Å². The van der Waals surface area contributed by atoms with E-state index in [4.69, 9.17) is 4.74 Å². The SMILES string of the molecule is C=CSC(=NC)C1=NCC(C(=O)OCC)=C(CC(CO)CO)N1. The minimum Gasteiger partial charge on any atom is -0.463 e. The fourth-order valence-corrected chi connectivity index (χ4v) is 2.47. The lowest BCUT2D eigenvalue weighted by Gasteiger charge is -2.24. The van der Waals surface area contributed by atoms with Gasteiger partial charge in [-0.05, 0) is 18.8 Å². The number of nitrogens with one attached hydrogen (secondary N) is 1. The Labute approximate surface area is 140 Å². The molecule has 1 aliphatic rings. The highest BCUT2D eigenvalue weighted by atomic mass is 32.2. The fraction of sp³-hybridized carbons (Fsp3) is 0.533. The molecule has 3 N–H and O–H groups in total. The zero-order valence-electron chi connectivity index (χ0n) is 13.4. The molecule has 0 aromatic rings. The molecule has 0 spiro atoms. The molecule has 0 bridgehead atoms. The summed E-state index contributed by atoms with van der Waals surface area (Å²) in [4.78, 5) is 20.5. The van der Waals surface area contributed by atoms with Crippen molar-refractivity contribution in [2.24, 2.45) is 15.9 Å². The maximum absolute atomic E-state index is 12.1. The van der Waals surface area contributed by atoms with E-state index < -0.39 is 5.97 Å². The van der Waals surface area contributed by atoms with Crippen molar-refractivity contribution in [3.8, 4) is 0 Å². The molecule has 1 aliphatic heterocycles. The average molecular weight is 341 g/mol. The van der Waals surface area contributed by atoms with Crippen molar-refractivity contribution in [3.05, 3.63) is 23.3 Å². The van der Waals surface area contributed by atoms with Crippen LogP contribution in [0.2, 0.25) is 0 Å². The number of carbonyl (C=O) groups excluding carboxylic acids is 1. The summed E-state index contributed by atoms with van der Waals surface area (Å²) in [5.41, 5.74) is 0.994. The highest BCUT2D eigenvalue weighted by molar-refractivity contribution is 8.18. The highest BCUT2D eigenvalue weighted by Crippen LogP contribution is 2.20. The average Bonchev–Trinajstić information content (AvgIpc) is 2.57. The van der Waals surface area contributed by atoms with Gasteiger partial charge in [-0.25, -0.2) is 4.79 Å². The van der Waals surface area contributed by atoms with Crippen molar-refractivity contribution in [2.45, 2.75) is 13.3 Å². The number of aliphatic hydroxyl groups excluding tert-OH is 2. The highest BCUT2D eigenvalue weighted by Gasteiger charge is 2.25. The van der Waals surface area contributed by atoms with Crippen molar-refractivity contribution >= 4 is 28.6 Å². The lowest BCUT2D eigenvalue weighted by Crippen LogP contribution is -2.37. The molecule has 0 aromatic carbocycles. The van der Waals surface area contributed by atoms with E-state index in [0.717, 1.165) is 0 Å². The fourth-order valence-electron chi connectivity index (χ4n) is 1.98. The zero-order valence-corrected chi connectivity index (χ0v) is 14.2. The monoisotopic (exact) mass is 341 g/mol. The molecule has 1 heterocycles. The summed E-state index contributed by atoms with van der Waals surface area (Å²) in [6.07, 6.45) is 0.315. The number of hydrogen-bond acceptors (Lipinski definition) is 8. The molecule has 128 valence electrons.